The van der Waals surface area contributed by atoms with Crippen molar-refractivity contribution in [2.24, 2.45) is 0 Å². The molecule has 0 aromatic heterocycles. The van der Waals surface area contributed by atoms with E-state index in [1.807, 2.05) is 31.2 Å². The van der Waals surface area contributed by atoms with E-state index in [9.17, 15) is 9.59 Å². The Morgan fingerprint density at radius 1 is 1.47 bits per heavy atom. The van der Waals surface area contributed by atoms with Crippen LogP contribution in [-0.2, 0) is 14.3 Å². The molecule has 0 radical (unpaired) electrons. The number of hydrogen-bond acceptors (Lipinski definition) is 3. The summed E-state index contributed by atoms with van der Waals surface area (Å²) in [6, 6.07) is 7.09. The Hall–Kier alpha value is -1.36. The largest absolute Gasteiger partial charge is 0.467 e. The lowest BCUT2D eigenvalue weighted by Gasteiger charge is -2.30. The Labute approximate surface area is 120 Å². The average molecular weight is 326 g/mol. The van der Waals surface area contributed by atoms with Crippen molar-refractivity contribution in [2.75, 3.05) is 7.11 Å². The minimum absolute atomic E-state index is 0.00125. The highest BCUT2D eigenvalue weighted by Crippen LogP contribution is 2.33. The quantitative estimate of drug-likeness (QED) is 0.803. The SMILES string of the molecule is COC(=O)C1CCC(=O)N1C(C)c1ccccc1Br. The van der Waals surface area contributed by atoms with Gasteiger partial charge in [0.2, 0.25) is 5.91 Å². The van der Waals surface area contributed by atoms with Crippen LogP contribution in [0.1, 0.15) is 31.4 Å². The summed E-state index contributed by atoms with van der Waals surface area (Å²) in [5.41, 5.74) is 0.992. The maximum absolute atomic E-state index is 12.0. The third-order valence-electron chi connectivity index (χ3n) is 3.50. The first-order valence-corrected chi connectivity index (χ1v) is 6.99. The molecule has 102 valence electrons. The molecular weight excluding hydrogens is 310 g/mol. The molecule has 1 aliphatic rings. The Bertz CT molecular complexity index is 503. The van der Waals surface area contributed by atoms with Gasteiger partial charge >= 0.3 is 5.97 Å². The molecule has 1 aromatic rings. The molecular formula is C14H16BrNO3. The van der Waals surface area contributed by atoms with Gasteiger partial charge in [-0.15, -0.1) is 0 Å². The molecule has 1 aromatic carbocycles. The van der Waals surface area contributed by atoms with Crippen LogP contribution in [0.25, 0.3) is 0 Å². The monoisotopic (exact) mass is 325 g/mol. The van der Waals surface area contributed by atoms with Crippen molar-refractivity contribution < 1.29 is 14.3 Å². The van der Waals surface area contributed by atoms with E-state index in [1.165, 1.54) is 7.11 Å². The number of esters is 1. The van der Waals surface area contributed by atoms with Crippen molar-refractivity contribution in [2.45, 2.75) is 31.8 Å². The maximum Gasteiger partial charge on any atom is 0.328 e. The molecule has 2 atom stereocenters. The summed E-state index contributed by atoms with van der Waals surface area (Å²) in [7, 11) is 1.35. The van der Waals surface area contributed by atoms with E-state index in [4.69, 9.17) is 4.74 Å². The van der Waals surface area contributed by atoms with Gasteiger partial charge in [-0.05, 0) is 25.0 Å². The van der Waals surface area contributed by atoms with Crippen molar-refractivity contribution >= 4 is 27.8 Å². The van der Waals surface area contributed by atoms with Crippen molar-refractivity contribution in [1.82, 2.24) is 4.90 Å². The molecule has 5 heteroatoms. The van der Waals surface area contributed by atoms with Gasteiger partial charge in [0.25, 0.3) is 0 Å². The number of amides is 1. The number of methoxy groups -OCH3 is 1. The van der Waals surface area contributed by atoms with Gasteiger partial charge in [-0.25, -0.2) is 4.79 Å². The van der Waals surface area contributed by atoms with Crippen LogP contribution in [0.4, 0.5) is 0 Å². The van der Waals surface area contributed by atoms with Crippen LogP contribution in [-0.4, -0.2) is 29.9 Å². The second-order valence-corrected chi connectivity index (χ2v) is 5.43. The summed E-state index contributed by atoms with van der Waals surface area (Å²) in [6.45, 7) is 1.93. The van der Waals surface area contributed by atoms with Gasteiger partial charge in [-0.2, -0.15) is 0 Å². The lowest BCUT2D eigenvalue weighted by molar-refractivity contribution is -0.150. The number of carbonyl (C=O) groups excluding carboxylic acids is 2. The van der Waals surface area contributed by atoms with Crippen LogP contribution in [0, 0.1) is 0 Å². The van der Waals surface area contributed by atoms with Crippen molar-refractivity contribution in [3.05, 3.63) is 34.3 Å². The van der Waals surface area contributed by atoms with E-state index in [-0.39, 0.29) is 17.9 Å². The molecule has 1 fully saturated rings. The topological polar surface area (TPSA) is 46.6 Å². The van der Waals surface area contributed by atoms with Gasteiger partial charge < -0.3 is 9.64 Å². The van der Waals surface area contributed by atoms with Crippen LogP contribution in [0.15, 0.2) is 28.7 Å². The fourth-order valence-corrected chi connectivity index (χ4v) is 3.14. The average Bonchev–Trinajstić information content (AvgIpc) is 2.79. The molecule has 1 saturated heterocycles. The molecule has 0 spiro atoms. The number of benzene rings is 1. The van der Waals surface area contributed by atoms with Crippen LogP contribution < -0.4 is 0 Å². The fraction of sp³-hybridized carbons (Fsp3) is 0.429. The second kappa shape index (κ2) is 5.74. The van der Waals surface area contributed by atoms with Crippen molar-refractivity contribution in [3.8, 4) is 0 Å². The Morgan fingerprint density at radius 2 is 2.16 bits per heavy atom. The highest BCUT2D eigenvalue weighted by Gasteiger charge is 2.40. The number of rotatable bonds is 3. The fourth-order valence-electron chi connectivity index (χ4n) is 2.52. The summed E-state index contributed by atoms with van der Waals surface area (Å²) in [5, 5.41) is 0. The second-order valence-electron chi connectivity index (χ2n) is 4.58. The van der Waals surface area contributed by atoms with Crippen molar-refractivity contribution in [3.63, 3.8) is 0 Å². The van der Waals surface area contributed by atoms with Crippen LogP contribution in [0.2, 0.25) is 0 Å². The van der Waals surface area contributed by atoms with E-state index < -0.39 is 6.04 Å². The van der Waals surface area contributed by atoms with Gasteiger partial charge in [-0.1, -0.05) is 34.1 Å². The predicted octanol–water partition coefficient (Wildman–Crippen LogP) is 2.67. The summed E-state index contributed by atoms with van der Waals surface area (Å²) in [5.74, 6) is -0.344. The van der Waals surface area contributed by atoms with Crippen LogP contribution in [0.3, 0.4) is 0 Å². The molecule has 19 heavy (non-hydrogen) atoms. The van der Waals surface area contributed by atoms with Crippen molar-refractivity contribution in [1.29, 1.82) is 0 Å². The molecule has 1 amide bonds. The third kappa shape index (κ3) is 2.66. The van der Waals surface area contributed by atoms with E-state index in [2.05, 4.69) is 15.9 Å². The van der Waals surface area contributed by atoms with Gasteiger partial charge in [0.1, 0.15) is 6.04 Å². The van der Waals surface area contributed by atoms with Gasteiger partial charge in [-0.3, -0.25) is 4.79 Å². The molecule has 2 rings (SSSR count). The first-order chi connectivity index (χ1) is 9.06. The van der Waals surface area contributed by atoms with E-state index in [0.29, 0.717) is 12.8 Å². The molecule has 2 unspecified atom stereocenters. The molecule has 0 bridgehead atoms. The van der Waals surface area contributed by atoms with Gasteiger partial charge in [0.05, 0.1) is 13.2 Å². The lowest BCUT2D eigenvalue weighted by atomic mass is 10.1. The summed E-state index contributed by atoms with van der Waals surface area (Å²) in [4.78, 5) is 25.4. The molecule has 4 nitrogen and oxygen atoms in total. The Morgan fingerprint density at radius 3 is 2.79 bits per heavy atom. The van der Waals surface area contributed by atoms with Crippen LogP contribution in [0.5, 0.6) is 0 Å². The number of ether oxygens (including phenoxy) is 1. The first kappa shape index (κ1) is 14.1. The van der Waals surface area contributed by atoms with Gasteiger partial charge in [0, 0.05) is 10.9 Å². The summed E-state index contributed by atoms with van der Waals surface area (Å²) < 4.78 is 5.72. The van der Waals surface area contributed by atoms with E-state index >= 15 is 0 Å². The normalized spacial score (nSPS) is 20.5. The number of nitrogens with zero attached hydrogens (tertiary/aromatic N) is 1. The van der Waals surface area contributed by atoms with E-state index in [1.54, 1.807) is 4.90 Å². The smallest absolute Gasteiger partial charge is 0.328 e. The molecule has 1 aliphatic heterocycles. The minimum Gasteiger partial charge on any atom is -0.467 e. The lowest BCUT2D eigenvalue weighted by Crippen LogP contribution is -2.41. The maximum atomic E-state index is 12.0. The predicted molar refractivity (Wildman–Crippen MR) is 74.4 cm³/mol. The molecule has 1 heterocycles. The van der Waals surface area contributed by atoms with Crippen LogP contribution >= 0.6 is 15.9 Å². The number of halogens is 1. The zero-order chi connectivity index (χ0) is 14.0. The summed E-state index contributed by atoms with van der Waals surface area (Å²) in [6.07, 6.45) is 0.925. The standard InChI is InChI=1S/C14H16BrNO3/c1-9(10-5-3-4-6-11(10)15)16-12(14(18)19-2)7-8-13(16)17/h3-6,9,12H,7-8H2,1-2H3. The van der Waals surface area contributed by atoms with E-state index in [0.717, 1.165) is 10.0 Å². The third-order valence-corrected chi connectivity index (χ3v) is 4.22. The highest BCUT2D eigenvalue weighted by atomic mass is 79.9. The molecule has 0 aliphatic carbocycles. The molecule has 0 N–H and O–H groups in total. The minimum atomic E-state index is -0.473. The zero-order valence-electron chi connectivity index (χ0n) is 10.9. The number of carbonyl (C=O) groups is 2. The number of hydrogen-bond donors (Lipinski definition) is 0. The van der Waals surface area contributed by atoms with Gasteiger partial charge in [0.15, 0.2) is 0 Å². The number of likely N-dealkylation sites (tertiary alicyclic amines) is 1. The highest BCUT2D eigenvalue weighted by molar-refractivity contribution is 9.10. The Balaban J connectivity index is 2.30. The first-order valence-electron chi connectivity index (χ1n) is 6.19. The molecule has 0 saturated carbocycles. The Kier molecular flexibility index (Phi) is 4.24. The zero-order valence-corrected chi connectivity index (χ0v) is 12.5. The summed E-state index contributed by atoms with van der Waals surface area (Å²) >= 11 is 3.48.